The quantitative estimate of drug-likeness (QED) is 0.449. The van der Waals surface area contributed by atoms with Crippen LogP contribution < -0.4 is 0 Å². The molecule has 1 saturated heterocycles. The molecule has 1 spiro atoms. The van der Waals surface area contributed by atoms with Crippen molar-refractivity contribution in [2.75, 3.05) is 6.61 Å². The van der Waals surface area contributed by atoms with Crippen LogP contribution in [0, 0.1) is 0 Å². The number of nitrogens with zero attached hydrogens (tertiary/aromatic N) is 2. The molecule has 2 aromatic heterocycles. The largest absolute Gasteiger partial charge is 0.375 e. The second-order valence-electron chi connectivity index (χ2n) is 9.40. The predicted octanol–water partition coefficient (Wildman–Crippen LogP) is 6.40. The normalized spacial score (nSPS) is 23.2. The van der Waals surface area contributed by atoms with E-state index in [0.29, 0.717) is 0 Å². The van der Waals surface area contributed by atoms with Crippen LogP contribution in [0.4, 0.5) is 0 Å². The molecule has 5 rings (SSSR count). The van der Waals surface area contributed by atoms with Crippen LogP contribution in [0.5, 0.6) is 0 Å². The van der Waals surface area contributed by atoms with Crippen LogP contribution in [0.2, 0.25) is 0 Å². The highest BCUT2D eigenvalue weighted by molar-refractivity contribution is 5.78. The Bertz CT molecular complexity index is 980. The Morgan fingerprint density at radius 3 is 2.63 bits per heavy atom. The third-order valence-corrected chi connectivity index (χ3v) is 7.39. The summed E-state index contributed by atoms with van der Waals surface area (Å²) in [7, 11) is 0. The number of para-hydroxylation sites is 1. The molecule has 0 radical (unpaired) electrons. The van der Waals surface area contributed by atoms with Crippen molar-refractivity contribution in [1.29, 1.82) is 0 Å². The van der Waals surface area contributed by atoms with Gasteiger partial charge in [-0.25, -0.2) is 0 Å². The SMILES string of the molecule is c1ccc(C2(CCCCc3cnc4ccccc4c3)CCOC3(CCCC3)C2)nc1. The smallest absolute Gasteiger partial charge is 0.0702 e. The molecule has 3 heterocycles. The Balaban J connectivity index is 1.28. The van der Waals surface area contributed by atoms with Gasteiger partial charge < -0.3 is 4.74 Å². The van der Waals surface area contributed by atoms with Crippen LogP contribution >= 0.6 is 0 Å². The molecule has 1 aromatic carbocycles. The molecular weight excluding hydrogens is 368 g/mol. The van der Waals surface area contributed by atoms with Crippen LogP contribution in [-0.2, 0) is 16.6 Å². The van der Waals surface area contributed by atoms with E-state index in [2.05, 4.69) is 53.6 Å². The van der Waals surface area contributed by atoms with Crippen molar-refractivity contribution >= 4 is 10.9 Å². The summed E-state index contributed by atoms with van der Waals surface area (Å²) in [6.45, 7) is 0.880. The number of aryl methyl sites for hydroxylation is 1. The Hall–Kier alpha value is -2.26. The highest BCUT2D eigenvalue weighted by Gasteiger charge is 2.48. The van der Waals surface area contributed by atoms with Gasteiger partial charge in [0.25, 0.3) is 0 Å². The topological polar surface area (TPSA) is 35.0 Å². The van der Waals surface area contributed by atoms with Crippen molar-refractivity contribution in [1.82, 2.24) is 9.97 Å². The number of hydrogen-bond acceptors (Lipinski definition) is 3. The second-order valence-corrected chi connectivity index (χ2v) is 9.40. The summed E-state index contributed by atoms with van der Waals surface area (Å²) in [6, 6.07) is 17.1. The van der Waals surface area contributed by atoms with E-state index in [9.17, 15) is 0 Å². The molecule has 1 aliphatic heterocycles. The first kappa shape index (κ1) is 19.7. The van der Waals surface area contributed by atoms with Crippen LogP contribution in [0.1, 0.15) is 69.0 Å². The average molecular weight is 401 g/mol. The molecule has 3 nitrogen and oxygen atoms in total. The van der Waals surface area contributed by atoms with E-state index in [4.69, 9.17) is 9.72 Å². The molecule has 2 aliphatic rings. The molecule has 1 saturated carbocycles. The molecule has 3 heteroatoms. The maximum atomic E-state index is 6.38. The molecule has 1 aliphatic carbocycles. The van der Waals surface area contributed by atoms with Gasteiger partial charge in [-0.1, -0.05) is 43.5 Å². The van der Waals surface area contributed by atoms with Gasteiger partial charge in [-0.3, -0.25) is 9.97 Å². The van der Waals surface area contributed by atoms with Crippen molar-refractivity contribution < 1.29 is 4.74 Å². The molecule has 2 fully saturated rings. The van der Waals surface area contributed by atoms with E-state index in [-0.39, 0.29) is 11.0 Å². The molecule has 0 amide bonds. The zero-order chi connectivity index (χ0) is 20.3. The van der Waals surface area contributed by atoms with Gasteiger partial charge in [-0.15, -0.1) is 0 Å². The number of fused-ring (bicyclic) bond motifs is 1. The highest BCUT2D eigenvalue weighted by atomic mass is 16.5. The van der Waals surface area contributed by atoms with Gasteiger partial charge in [0.2, 0.25) is 0 Å². The predicted molar refractivity (Wildman–Crippen MR) is 122 cm³/mol. The van der Waals surface area contributed by atoms with Gasteiger partial charge >= 0.3 is 0 Å². The average Bonchev–Trinajstić information content (AvgIpc) is 3.24. The van der Waals surface area contributed by atoms with Crippen LogP contribution in [0.25, 0.3) is 10.9 Å². The van der Waals surface area contributed by atoms with E-state index in [1.165, 1.54) is 61.6 Å². The van der Waals surface area contributed by atoms with Gasteiger partial charge in [0.15, 0.2) is 0 Å². The number of hydrogen-bond donors (Lipinski definition) is 0. The molecular formula is C27H32N2O. The zero-order valence-electron chi connectivity index (χ0n) is 17.9. The third-order valence-electron chi connectivity index (χ3n) is 7.39. The zero-order valence-corrected chi connectivity index (χ0v) is 17.9. The molecule has 1 atom stereocenters. The first-order valence-electron chi connectivity index (χ1n) is 11.7. The Morgan fingerprint density at radius 1 is 0.900 bits per heavy atom. The lowest BCUT2D eigenvalue weighted by Gasteiger charge is -2.46. The third kappa shape index (κ3) is 4.00. The fourth-order valence-corrected chi connectivity index (χ4v) is 5.84. The summed E-state index contributed by atoms with van der Waals surface area (Å²) in [6.07, 6.45) is 16.1. The minimum Gasteiger partial charge on any atom is -0.375 e. The number of rotatable bonds is 6. The Morgan fingerprint density at radius 2 is 1.77 bits per heavy atom. The molecule has 3 aromatic rings. The molecule has 0 bridgehead atoms. The summed E-state index contributed by atoms with van der Waals surface area (Å²) in [4.78, 5) is 9.47. The number of aromatic nitrogens is 2. The fourth-order valence-electron chi connectivity index (χ4n) is 5.84. The highest BCUT2D eigenvalue weighted by Crippen LogP contribution is 2.50. The fraction of sp³-hybridized carbons (Fsp3) is 0.481. The van der Waals surface area contributed by atoms with Crippen LogP contribution in [-0.4, -0.2) is 22.2 Å². The van der Waals surface area contributed by atoms with Crippen LogP contribution in [0.15, 0.2) is 60.9 Å². The lowest BCUT2D eigenvalue weighted by molar-refractivity contribution is -0.104. The van der Waals surface area contributed by atoms with Gasteiger partial charge in [0, 0.05) is 35.5 Å². The monoisotopic (exact) mass is 400 g/mol. The Labute approximate surface area is 179 Å². The maximum absolute atomic E-state index is 6.38. The van der Waals surface area contributed by atoms with Crippen molar-refractivity contribution in [3.8, 4) is 0 Å². The van der Waals surface area contributed by atoms with Crippen LogP contribution in [0.3, 0.4) is 0 Å². The van der Waals surface area contributed by atoms with Gasteiger partial charge in [-0.2, -0.15) is 0 Å². The van der Waals surface area contributed by atoms with E-state index < -0.39 is 0 Å². The first-order chi connectivity index (χ1) is 14.8. The minimum atomic E-state index is 0.109. The van der Waals surface area contributed by atoms with Gasteiger partial charge in [-0.05, 0) is 74.8 Å². The summed E-state index contributed by atoms with van der Waals surface area (Å²) < 4.78 is 6.38. The van der Waals surface area contributed by atoms with E-state index >= 15 is 0 Å². The lowest BCUT2D eigenvalue weighted by atomic mass is 9.67. The van der Waals surface area contributed by atoms with Gasteiger partial charge in [0.05, 0.1) is 11.1 Å². The standard InChI is InChI=1S/C27H32N2O/c1-2-11-24-23(10-1)19-22(20-29-24)9-3-5-13-26(25-12-4-8-17-28-25)16-18-30-27(21-26)14-6-7-15-27/h1-2,4,8,10-12,17,19-20H,3,5-7,9,13-16,18,21H2. The number of pyridine rings is 2. The van der Waals surface area contributed by atoms with Gasteiger partial charge in [0.1, 0.15) is 0 Å². The number of benzene rings is 1. The number of unbranched alkanes of at least 4 members (excludes halogenated alkanes) is 1. The molecule has 1 unspecified atom stereocenters. The summed E-state index contributed by atoms with van der Waals surface area (Å²) in [5, 5.41) is 1.24. The van der Waals surface area contributed by atoms with Crippen molar-refractivity contribution in [3.05, 3.63) is 72.2 Å². The summed E-state index contributed by atoms with van der Waals surface area (Å²) in [5.74, 6) is 0. The molecule has 30 heavy (non-hydrogen) atoms. The van der Waals surface area contributed by atoms with E-state index in [0.717, 1.165) is 31.4 Å². The lowest BCUT2D eigenvalue weighted by Crippen LogP contribution is -2.46. The number of ether oxygens (including phenoxy) is 1. The minimum absolute atomic E-state index is 0.109. The van der Waals surface area contributed by atoms with Crippen molar-refractivity contribution in [2.45, 2.75) is 75.2 Å². The summed E-state index contributed by atoms with van der Waals surface area (Å²) >= 11 is 0. The Kier molecular flexibility index (Phi) is 5.56. The summed E-state index contributed by atoms with van der Waals surface area (Å²) in [5.41, 5.74) is 4.00. The second kappa shape index (κ2) is 8.47. The molecule has 156 valence electrons. The first-order valence-corrected chi connectivity index (χ1v) is 11.7. The molecule has 0 N–H and O–H groups in total. The van der Waals surface area contributed by atoms with Crippen molar-refractivity contribution in [3.63, 3.8) is 0 Å². The van der Waals surface area contributed by atoms with E-state index in [1.54, 1.807) is 0 Å². The maximum Gasteiger partial charge on any atom is 0.0702 e. The van der Waals surface area contributed by atoms with E-state index in [1.807, 2.05) is 12.3 Å². The van der Waals surface area contributed by atoms with Crippen molar-refractivity contribution in [2.24, 2.45) is 0 Å².